The number of hydrogen-bond donors (Lipinski definition) is 0. The maximum Gasteiger partial charge on any atom is 0.309 e. The molecule has 0 aliphatic carbocycles. The molecule has 4 rings (SSSR count). The number of carbonyl (C=O) groups excluding carboxylic acids is 1. The molecular weight excluding hydrogens is 324 g/mol. The number of para-hydroxylation sites is 2. The smallest absolute Gasteiger partial charge is 0.309 e. The predicted octanol–water partition coefficient (Wildman–Crippen LogP) is 2.48. The van der Waals surface area contributed by atoms with Gasteiger partial charge in [-0.25, -0.2) is 0 Å². The normalized spacial score (nSPS) is 15.6. The minimum absolute atomic E-state index is 0.0189. The number of piperidine rings is 1. The number of rotatable bonds is 4. The summed E-state index contributed by atoms with van der Waals surface area (Å²) in [5, 5.41) is 7.52. The van der Waals surface area contributed by atoms with Gasteiger partial charge in [-0.1, -0.05) is 12.1 Å². The summed E-state index contributed by atoms with van der Waals surface area (Å²) < 4.78 is 16.3. The molecule has 0 spiro atoms. The summed E-state index contributed by atoms with van der Waals surface area (Å²) in [7, 11) is 0. The van der Waals surface area contributed by atoms with E-state index >= 15 is 0 Å². The van der Waals surface area contributed by atoms with Crippen molar-refractivity contribution in [1.82, 2.24) is 15.2 Å². The molecule has 1 saturated heterocycles. The Kier molecular flexibility index (Phi) is 4.09. The molecule has 2 aromatic heterocycles. The molecular formula is C17H18N4O4. The average molecular weight is 342 g/mol. The molecule has 0 atom stereocenters. The van der Waals surface area contributed by atoms with Gasteiger partial charge in [0.05, 0.1) is 5.92 Å². The van der Waals surface area contributed by atoms with Gasteiger partial charge in [0.25, 0.3) is 11.9 Å². The molecule has 1 aliphatic rings. The van der Waals surface area contributed by atoms with E-state index in [1.807, 2.05) is 24.3 Å². The number of esters is 1. The number of anilines is 1. The van der Waals surface area contributed by atoms with Crippen LogP contribution in [0.2, 0.25) is 0 Å². The van der Waals surface area contributed by atoms with Crippen LogP contribution in [0, 0.1) is 12.8 Å². The van der Waals surface area contributed by atoms with E-state index in [9.17, 15) is 4.79 Å². The maximum atomic E-state index is 12.2. The maximum absolute atomic E-state index is 12.2. The van der Waals surface area contributed by atoms with Gasteiger partial charge < -0.3 is 18.5 Å². The van der Waals surface area contributed by atoms with E-state index in [-0.39, 0.29) is 18.5 Å². The minimum atomic E-state index is -0.229. The van der Waals surface area contributed by atoms with Gasteiger partial charge >= 0.3 is 5.97 Å². The van der Waals surface area contributed by atoms with Crippen molar-refractivity contribution in [3.05, 3.63) is 36.0 Å². The molecule has 1 fully saturated rings. The van der Waals surface area contributed by atoms with Crippen molar-refractivity contribution in [3.63, 3.8) is 0 Å². The lowest BCUT2D eigenvalue weighted by atomic mass is 9.97. The molecule has 0 amide bonds. The number of oxazole rings is 1. The zero-order valence-corrected chi connectivity index (χ0v) is 13.8. The van der Waals surface area contributed by atoms with E-state index in [0.717, 1.165) is 11.1 Å². The highest BCUT2D eigenvalue weighted by atomic mass is 16.5. The molecule has 0 unspecified atom stereocenters. The third-order valence-electron chi connectivity index (χ3n) is 4.29. The molecule has 0 saturated carbocycles. The van der Waals surface area contributed by atoms with E-state index < -0.39 is 0 Å². The molecule has 0 N–H and O–H groups in total. The molecule has 1 aliphatic heterocycles. The van der Waals surface area contributed by atoms with Crippen LogP contribution in [0.4, 0.5) is 6.01 Å². The highest BCUT2D eigenvalue weighted by Gasteiger charge is 2.28. The van der Waals surface area contributed by atoms with Crippen LogP contribution in [-0.4, -0.2) is 34.2 Å². The Bertz CT molecular complexity index is 847. The largest absolute Gasteiger partial charge is 0.455 e. The van der Waals surface area contributed by atoms with E-state index in [1.165, 1.54) is 0 Å². The van der Waals surface area contributed by atoms with Crippen molar-refractivity contribution in [2.45, 2.75) is 26.4 Å². The topological polar surface area (TPSA) is 94.5 Å². The summed E-state index contributed by atoms with van der Waals surface area (Å²) in [5.74, 6) is 0.408. The Morgan fingerprint density at radius 1 is 1.24 bits per heavy atom. The van der Waals surface area contributed by atoms with Gasteiger partial charge in [0.2, 0.25) is 5.89 Å². The fourth-order valence-electron chi connectivity index (χ4n) is 2.95. The molecule has 25 heavy (non-hydrogen) atoms. The quantitative estimate of drug-likeness (QED) is 0.667. The third kappa shape index (κ3) is 3.33. The van der Waals surface area contributed by atoms with E-state index in [1.54, 1.807) is 6.92 Å². The zero-order valence-electron chi connectivity index (χ0n) is 13.8. The molecule has 1 aromatic carbocycles. The van der Waals surface area contributed by atoms with Crippen molar-refractivity contribution in [3.8, 4) is 0 Å². The van der Waals surface area contributed by atoms with E-state index in [0.29, 0.717) is 43.7 Å². The monoisotopic (exact) mass is 342 g/mol. The summed E-state index contributed by atoms with van der Waals surface area (Å²) in [6.45, 7) is 3.11. The van der Waals surface area contributed by atoms with Crippen molar-refractivity contribution in [1.29, 1.82) is 0 Å². The molecule has 3 heterocycles. The Balaban J connectivity index is 1.32. The van der Waals surface area contributed by atoms with E-state index in [2.05, 4.69) is 20.1 Å². The van der Waals surface area contributed by atoms with E-state index in [4.69, 9.17) is 13.6 Å². The Hall–Kier alpha value is -2.90. The highest BCUT2D eigenvalue weighted by Crippen LogP contribution is 2.26. The Labute approximate surface area is 143 Å². The summed E-state index contributed by atoms with van der Waals surface area (Å²) >= 11 is 0. The van der Waals surface area contributed by atoms with Crippen molar-refractivity contribution < 1.29 is 18.4 Å². The lowest BCUT2D eigenvalue weighted by molar-refractivity contribution is -0.151. The van der Waals surface area contributed by atoms with Crippen molar-refractivity contribution in [2.24, 2.45) is 5.92 Å². The van der Waals surface area contributed by atoms with Crippen LogP contribution >= 0.6 is 0 Å². The van der Waals surface area contributed by atoms with Crippen LogP contribution < -0.4 is 4.90 Å². The number of benzene rings is 1. The number of ether oxygens (including phenoxy) is 1. The fraction of sp³-hybridized carbons (Fsp3) is 0.412. The first kappa shape index (κ1) is 15.6. The summed E-state index contributed by atoms with van der Waals surface area (Å²) in [6, 6.07) is 8.28. The lowest BCUT2D eigenvalue weighted by Crippen LogP contribution is -2.37. The lowest BCUT2D eigenvalue weighted by Gasteiger charge is -2.29. The molecule has 8 heteroatoms. The van der Waals surface area contributed by atoms with Crippen molar-refractivity contribution in [2.75, 3.05) is 18.0 Å². The Morgan fingerprint density at radius 2 is 2.04 bits per heavy atom. The van der Waals surface area contributed by atoms with Crippen LogP contribution in [0.15, 0.2) is 33.1 Å². The fourth-order valence-corrected chi connectivity index (χ4v) is 2.95. The molecule has 130 valence electrons. The highest BCUT2D eigenvalue weighted by molar-refractivity contribution is 5.75. The van der Waals surface area contributed by atoms with Crippen LogP contribution in [-0.2, 0) is 16.1 Å². The predicted molar refractivity (Wildman–Crippen MR) is 87.8 cm³/mol. The van der Waals surface area contributed by atoms with Gasteiger partial charge in [-0.15, -0.1) is 10.2 Å². The number of hydrogen-bond acceptors (Lipinski definition) is 8. The van der Waals surface area contributed by atoms with Crippen molar-refractivity contribution >= 4 is 23.1 Å². The first-order valence-corrected chi connectivity index (χ1v) is 8.25. The average Bonchev–Trinajstić information content (AvgIpc) is 3.25. The number of aryl methyl sites for hydroxylation is 1. The number of carbonyl (C=O) groups is 1. The number of aromatic nitrogens is 3. The molecule has 3 aromatic rings. The minimum Gasteiger partial charge on any atom is -0.455 e. The summed E-state index contributed by atoms with van der Waals surface area (Å²) in [5.41, 5.74) is 1.61. The van der Waals surface area contributed by atoms with Gasteiger partial charge in [-0.2, -0.15) is 4.98 Å². The number of nitrogens with zero attached hydrogens (tertiary/aromatic N) is 4. The molecule has 0 bridgehead atoms. The van der Waals surface area contributed by atoms with Gasteiger partial charge in [0.15, 0.2) is 12.2 Å². The summed E-state index contributed by atoms with van der Waals surface area (Å²) in [4.78, 5) is 18.8. The van der Waals surface area contributed by atoms with Crippen LogP contribution in [0.3, 0.4) is 0 Å². The van der Waals surface area contributed by atoms with Gasteiger partial charge in [-0.05, 0) is 25.0 Å². The van der Waals surface area contributed by atoms with Crippen LogP contribution in [0.25, 0.3) is 11.1 Å². The Morgan fingerprint density at radius 3 is 2.76 bits per heavy atom. The second kappa shape index (κ2) is 6.54. The second-order valence-corrected chi connectivity index (χ2v) is 6.05. The second-order valence-electron chi connectivity index (χ2n) is 6.05. The van der Waals surface area contributed by atoms with Gasteiger partial charge in [0, 0.05) is 20.0 Å². The van der Waals surface area contributed by atoms with Gasteiger partial charge in [0.1, 0.15) is 5.52 Å². The summed E-state index contributed by atoms with van der Waals surface area (Å²) in [6.07, 6.45) is 1.39. The molecule has 0 radical (unpaired) electrons. The first-order valence-electron chi connectivity index (χ1n) is 8.25. The standard InChI is InChI=1S/C17H18N4O4/c1-11-19-20-15(24-11)10-23-16(22)12-6-8-21(9-7-12)17-18-13-4-2-3-5-14(13)25-17/h2-5,12H,6-10H2,1H3. The molecule has 8 nitrogen and oxygen atoms in total. The van der Waals surface area contributed by atoms with Crippen LogP contribution in [0.5, 0.6) is 0 Å². The van der Waals surface area contributed by atoms with Gasteiger partial charge in [-0.3, -0.25) is 4.79 Å². The third-order valence-corrected chi connectivity index (χ3v) is 4.29. The van der Waals surface area contributed by atoms with Crippen LogP contribution in [0.1, 0.15) is 24.6 Å². The number of fused-ring (bicyclic) bond motifs is 1. The first-order chi connectivity index (χ1) is 12.2. The SMILES string of the molecule is Cc1nnc(COC(=O)C2CCN(c3nc4ccccc4o3)CC2)o1. The zero-order chi connectivity index (χ0) is 17.2.